The second kappa shape index (κ2) is 5.34. The first-order valence-electron chi connectivity index (χ1n) is 6.78. The molecule has 2 nitrogen and oxygen atoms in total. The lowest BCUT2D eigenvalue weighted by Gasteiger charge is -2.14. The maximum atomic E-state index is 13.1. The molecule has 0 bridgehead atoms. The number of halogens is 1. The number of nitrogens with one attached hydrogen (secondary N) is 1. The molecule has 0 saturated heterocycles. The lowest BCUT2D eigenvalue weighted by molar-refractivity contribution is 0.628. The Morgan fingerprint density at radius 3 is 2.50 bits per heavy atom. The van der Waals surface area contributed by atoms with Crippen molar-refractivity contribution in [1.29, 1.82) is 5.26 Å². The summed E-state index contributed by atoms with van der Waals surface area (Å²) in [7, 11) is 0. The standard InChI is InChI=1S/C17H15FN2/c18-15-2-1-3-16(10-15)20-17(11-19)14-8-6-13(7-9-14)12-4-5-12/h1-3,6-10,12,17,20H,4-5H2. The molecule has 1 aliphatic carbocycles. The van der Waals surface area contributed by atoms with Crippen molar-refractivity contribution in [3.05, 3.63) is 65.5 Å². The highest BCUT2D eigenvalue weighted by molar-refractivity contribution is 5.48. The molecule has 0 amide bonds. The summed E-state index contributed by atoms with van der Waals surface area (Å²) in [6.07, 6.45) is 2.53. The molecule has 1 N–H and O–H groups in total. The van der Waals surface area contributed by atoms with Crippen molar-refractivity contribution in [3.63, 3.8) is 0 Å². The highest BCUT2D eigenvalue weighted by atomic mass is 19.1. The molecule has 0 heterocycles. The van der Waals surface area contributed by atoms with Crippen LogP contribution in [0.15, 0.2) is 48.5 Å². The first kappa shape index (κ1) is 12.7. The van der Waals surface area contributed by atoms with Gasteiger partial charge in [0, 0.05) is 5.69 Å². The number of hydrogen-bond donors (Lipinski definition) is 1. The van der Waals surface area contributed by atoms with Gasteiger partial charge in [-0.2, -0.15) is 5.26 Å². The zero-order valence-electron chi connectivity index (χ0n) is 11.0. The van der Waals surface area contributed by atoms with Crippen molar-refractivity contribution in [2.24, 2.45) is 0 Å². The van der Waals surface area contributed by atoms with Crippen LogP contribution in [-0.4, -0.2) is 0 Å². The highest BCUT2D eigenvalue weighted by Gasteiger charge is 2.23. The first-order valence-corrected chi connectivity index (χ1v) is 6.78. The average Bonchev–Trinajstić information content (AvgIpc) is 3.30. The third-order valence-electron chi connectivity index (χ3n) is 3.58. The molecule has 0 aliphatic heterocycles. The zero-order valence-corrected chi connectivity index (χ0v) is 11.0. The lowest BCUT2D eigenvalue weighted by Crippen LogP contribution is -2.08. The van der Waals surface area contributed by atoms with E-state index >= 15 is 0 Å². The monoisotopic (exact) mass is 266 g/mol. The summed E-state index contributed by atoms with van der Waals surface area (Å²) in [6, 6.07) is 16.0. The number of nitrogens with zero attached hydrogens (tertiary/aromatic N) is 1. The summed E-state index contributed by atoms with van der Waals surface area (Å²) in [4.78, 5) is 0. The minimum absolute atomic E-state index is 0.309. The summed E-state index contributed by atoms with van der Waals surface area (Å²) < 4.78 is 13.1. The molecular formula is C17H15FN2. The SMILES string of the molecule is N#CC(Nc1cccc(F)c1)c1ccc(C2CC2)cc1. The van der Waals surface area contributed by atoms with Crippen molar-refractivity contribution < 1.29 is 4.39 Å². The van der Waals surface area contributed by atoms with Crippen LogP contribution in [0.4, 0.5) is 10.1 Å². The number of hydrogen-bond acceptors (Lipinski definition) is 2. The highest BCUT2D eigenvalue weighted by Crippen LogP contribution is 2.40. The van der Waals surface area contributed by atoms with E-state index in [0.29, 0.717) is 11.6 Å². The summed E-state index contributed by atoms with van der Waals surface area (Å²) in [6.45, 7) is 0. The number of rotatable bonds is 4. The van der Waals surface area contributed by atoms with Gasteiger partial charge in [0.25, 0.3) is 0 Å². The van der Waals surface area contributed by atoms with Gasteiger partial charge in [-0.15, -0.1) is 0 Å². The number of benzene rings is 2. The topological polar surface area (TPSA) is 35.8 Å². The largest absolute Gasteiger partial charge is 0.366 e. The molecular weight excluding hydrogens is 251 g/mol. The molecule has 3 heteroatoms. The van der Waals surface area contributed by atoms with Gasteiger partial charge >= 0.3 is 0 Å². The molecule has 0 spiro atoms. The average molecular weight is 266 g/mol. The Kier molecular flexibility index (Phi) is 3.39. The van der Waals surface area contributed by atoms with Gasteiger partial charge in [-0.1, -0.05) is 30.3 Å². The van der Waals surface area contributed by atoms with Gasteiger partial charge in [0.1, 0.15) is 11.9 Å². The van der Waals surface area contributed by atoms with Crippen molar-refractivity contribution >= 4 is 5.69 Å². The van der Waals surface area contributed by atoms with Gasteiger partial charge in [-0.3, -0.25) is 0 Å². The predicted octanol–water partition coefficient (Wildman–Crippen LogP) is 4.38. The molecule has 1 saturated carbocycles. The molecule has 1 fully saturated rings. The van der Waals surface area contributed by atoms with E-state index in [9.17, 15) is 9.65 Å². The molecule has 2 aromatic carbocycles. The minimum atomic E-state index is -0.468. The third-order valence-corrected chi connectivity index (χ3v) is 3.58. The van der Waals surface area contributed by atoms with Crippen molar-refractivity contribution in [1.82, 2.24) is 0 Å². The predicted molar refractivity (Wildman–Crippen MR) is 76.8 cm³/mol. The number of anilines is 1. The van der Waals surface area contributed by atoms with Crippen LogP contribution in [-0.2, 0) is 0 Å². The summed E-state index contributed by atoms with van der Waals surface area (Å²) in [5.74, 6) is 0.400. The smallest absolute Gasteiger partial charge is 0.140 e. The quantitative estimate of drug-likeness (QED) is 0.891. The van der Waals surface area contributed by atoms with Gasteiger partial charge in [0.05, 0.1) is 6.07 Å². The first-order chi connectivity index (χ1) is 9.76. The second-order valence-electron chi connectivity index (χ2n) is 5.16. The normalized spacial score (nSPS) is 15.4. The van der Waals surface area contributed by atoms with Crippen LogP contribution in [0, 0.1) is 17.1 Å². The van der Waals surface area contributed by atoms with E-state index in [1.165, 1.54) is 30.5 Å². The van der Waals surface area contributed by atoms with Gasteiger partial charge in [-0.25, -0.2) is 4.39 Å². The lowest BCUT2D eigenvalue weighted by atomic mass is 10.0. The summed E-state index contributed by atoms with van der Waals surface area (Å²) in [5, 5.41) is 12.3. The van der Waals surface area contributed by atoms with Crippen LogP contribution >= 0.6 is 0 Å². The Morgan fingerprint density at radius 2 is 1.90 bits per heavy atom. The molecule has 1 aliphatic rings. The Morgan fingerprint density at radius 1 is 1.15 bits per heavy atom. The molecule has 100 valence electrons. The zero-order chi connectivity index (χ0) is 13.9. The third kappa shape index (κ3) is 2.80. The van der Waals surface area contributed by atoms with E-state index in [1.807, 2.05) is 12.1 Å². The molecule has 1 atom stereocenters. The van der Waals surface area contributed by atoms with Crippen LogP contribution in [0.3, 0.4) is 0 Å². The van der Waals surface area contributed by atoms with E-state index in [4.69, 9.17) is 0 Å². The molecule has 0 radical (unpaired) electrons. The second-order valence-corrected chi connectivity index (χ2v) is 5.16. The Bertz CT molecular complexity index is 639. The fourth-order valence-electron chi connectivity index (χ4n) is 2.31. The summed E-state index contributed by atoms with van der Waals surface area (Å²) in [5.41, 5.74) is 2.86. The molecule has 1 unspecified atom stereocenters. The van der Waals surface area contributed by atoms with Crippen LogP contribution < -0.4 is 5.32 Å². The molecule has 0 aromatic heterocycles. The Labute approximate surface area is 117 Å². The van der Waals surface area contributed by atoms with E-state index in [2.05, 4.69) is 23.5 Å². The maximum Gasteiger partial charge on any atom is 0.140 e. The van der Waals surface area contributed by atoms with E-state index in [0.717, 1.165) is 5.56 Å². The Hall–Kier alpha value is -2.34. The number of nitriles is 1. The van der Waals surface area contributed by atoms with Gasteiger partial charge in [0.2, 0.25) is 0 Å². The van der Waals surface area contributed by atoms with Gasteiger partial charge in [0.15, 0.2) is 0 Å². The van der Waals surface area contributed by atoms with E-state index in [1.54, 1.807) is 12.1 Å². The fraction of sp³-hybridized carbons (Fsp3) is 0.235. The van der Waals surface area contributed by atoms with Crippen LogP contribution in [0.2, 0.25) is 0 Å². The van der Waals surface area contributed by atoms with Crippen molar-refractivity contribution in [2.75, 3.05) is 5.32 Å². The van der Waals surface area contributed by atoms with Crippen molar-refractivity contribution in [2.45, 2.75) is 24.8 Å². The van der Waals surface area contributed by atoms with E-state index in [-0.39, 0.29) is 5.82 Å². The molecule has 20 heavy (non-hydrogen) atoms. The molecule has 3 rings (SSSR count). The van der Waals surface area contributed by atoms with Crippen LogP contribution in [0.1, 0.15) is 35.9 Å². The van der Waals surface area contributed by atoms with E-state index < -0.39 is 6.04 Å². The Balaban J connectivity index is 1.77. The van der Waals surface area contributed by atoms with Crippen LogP contribution in [0.5, 0.6) is 0 Å². The minimum Gasteiger partial charge on any atom is -0.366 e. The maximum absolute atomic E-state index is 13.1. The van der Waals surface area contributed by atoms with Crippen molar-refractivity contribution in [3.8, 4) is 6.07 Å². The van der Waals surface area contributed by atoms with Gasteiger partial charge in [-0.05, 0) is 48.1 Å². The summed E-state index contributed by atoms with van der Waals surface area (Å²) >= 11 is 0. The van der Waals surface area contributed by atoms with Gasteiger partial charge < -0.3 is 5.32 Å². The van der Waals surface area contributed by atoms with Crippen LogP contribution in [0.25, 0.3) is 0 Å². The molecule has 2 aromatic rings. The fourth-order valence-corrected chi connectivity index (χ4v) is 2.31.